The van der Waals surface area contributed by atoms with Gasteiger partial charge in [0.25, 0.3) is 5.91 Å². The molecule has 1 aromatic rings. The van der Waals surface area contributed by atoms with E-state index in [1.807, 2.05) is 6.92 Å². The number of pyridine rings is 1. The Bertz CT molecular complexity index is 487. The predicted octanol–water partition coefficient (Wildman–Crippen LogP) is 1.94. The molecule has 110 valence electrons. The Morgan fingerprint density at radius 1 is 1.45 bits per heavy atom. The molecule has 1 saturated heterocycles. The van der Waals surface area contributed by atoms with Crippen molar-refractivity contribution < 1.29 is 23.1 Å². The smallest absolute Gasteiger partial charge is 0.391 e. The van der Waals surface area contributed by atoms with E-state index in [4.69, 9.17) is 0 Å². The van der Waals surface area contributed by atoms with E-state index in [0.717, 1.165) is 12.1 Å². The lowest BCUT2D eigenvalue weighted by molar-refractivity contribution is -0.137. The Balaban J connectivity index is 2.10. The van der Waals surface area contributed by atoms with Gasteiger partial charge in [-0.1, -0.05) is 6.92 Å². The van der Waals surface area contributed by atoms with E-state index in [9.17, 15) is 23.1 Å². The third-order valence-electron chi connectivity index (χ3n) is 3.52. The number of aromatic nitrogens is 1. The standard InChI is InChI=1S/C13H15F3N2O2/c1-8-4-5-18(7-11(8)19)12(20)10-3-2-9(6-17-10)13(14,15)16/h2-3,6,8,11,19H,4-5,7H2,1H3. The van der Waals surface area contributed by atoms with Gasteiger partial charge < -0.3 is 10.0 Å². The van der Waals surface area contributed by atoms with Crippen LogP contribution in [-0.2, 0) is 6.18 Å². The quantitative estimate of drug-likeness (QED) is 0.859. The molecular formula is C13H15F3N2O2. The highest BCUT2D eigenvalue weighted by Gasteiger charge is 2.32. The maximum atomic E-state index is 12.4. The van der Waals surface area contributed by atoms with Crippen LogP contribution < -0.4 is 0 Å². The van der Waals surface area contributed by atoms with Crippen molar-refractivity contribution in [3.8, 4) is 0 Å². The summed E-state index contributed by atoms with van der Waals surface area (Å²) in [6.07, 6.45) is -3.77. The molecule has 1 aromatic heterocycles. The van der Waals surface area contributed by atoms with Crippen LogP contribution in [0.1, 0.15) is 29.4 Å². The summed E-state index contributed by atoms with van der Waals surface area (Å²) in [5.41, 5.74) is -0.930. The van der Waals surface area contributed by atoms with Crippen molar-refractivity contribution in [3.63, 3.8) is 0 Å². The maximum absolute atomic E-state index is 12.4. The number of hydrogen-bond donors (Lipinski definition) is 1. The minimum Gasteiger partial charge on any atom is -0.391 e. The number of β-amino-alcohol motifs (C(OH)–C–C–N with tert-alkyl or cyclic N) is 1. The Labute approximate surface area is 114 Å². The molecule has 0 saturated carbocycles. The van der Waals surface area contributed by atoms with Crippen molar-refractivity contribution in [1.29, 1.82) is 0 Å². The van der Waals surface area contributed by atoms with Crippen LogP contribution in [0.25, 0.3) is 0 Å². The number of hydrogen-bond acceptors (Lipinski definition) is 3. The number of nitrogens with zero attached hydrogens (tertiary/aromatic N) is 2. The summed E-state index contributed by atoms with van der Waals surface area (Å²) < 4.78 is 37.2. The molecule has 2 rings (SSSR count). The zero-order valence-electron chi connectivity index (χ0n) is 10.9. The minimum atomic E-state index is -4.47. The van der Waals surface area contributed by atoms with Gasteiger partial charge in [0.1, 0.15) is 5.69 Å². The number of aliphatic hydroxyl groups is 1. The highest BCUT2D eigenvalue weighted by molar-refractivity contribution is 5.92. The van der Waals surface area contributed by atoms with Crippen LogP contribution in [0.3, 0.4) is 0 Å². The van der Waals surface area contributed by atoms with Crippen LogP contribution in [0.4, 0.5) is 13.2 Å². The summed E-state index contributed by atoms with van der Waals surface area (Å²) >= 11 is 0. The summed E-state index contributed by atoms with van der Waals surface area (Å²) in [6, 6.07) is 1.90. The first-order chi connectivity index (χ1) is 9.29. The molecule has 0 aliphatic carbocycles. The summed E-state index contributed by atoms with van der Waals surface area (Å²) in [5, 5.41) is 9.73. The summed E-state index contributed by atoms with van der Waals surface area (Å²) in [4.78, 5) is 17.1. The molecule has 20 heavy (non-hydrogen) atoms. The number of carbonyl (C=O) groups excluding carboxylic acids is 1. The molecule has 1 amide bonds. The topological polar surface area (TPSA) is 53.4 Å². The number of halogens is 3. The number of aliphatic hydroxyl groups excluding tert-OH is 1. The lowest BCUT2D eigenvalue weighted by Crippen LogP contribution is -2.46. The minimum absolute atomic E-state index is 0.0419. The van der Waals surface area contributed by atoms with E-state index in [2.05, 4.69) is 4.98 Å². The van der Waals surface area contributed by atoms with Gasteiger partial charge in [0.2, 0.25) is 0 Å². The average molecular weight is 288 g/mol. The van der Waals surface area contributed by atoms with E-state index in [1.54, 1.807) is 0 Å². The van der Waals surface area contributed by atoms with Gasteiger partial charge in [-0.2, -0.15) is 13.2 Å². The molecule has 1 fully saturated rings. The van der Waals surface area contributed by atoms with Gasteiger partial charge >= 0.3 is 6.18 Å². The van der Waals surface area contributed by atoms with Crippen LogP contribution in [-0.4, -0.2) is 40.1 Å². The first kappa shape index (κ1) is 14.8. The predicted molar refractivity (Wildman–Crippen MR) is 64.9 cm³/mol. The number of carbonyl (C=O) groups is 1. The molecule has 0 aromatic carbocycles. The van der Waals surface area contributed by atoms with Gasteiger partial charge in [-0.15, -0.1) is 0 Å². The van der Waals surface area contributed by atoms with Crippen molar-refractivity contribution in [2.24, 2.45) is 5.92 Å². The second kappa shape index (κ2) is 5.40. The van der Waals surface area contributed by atoms with E-state index in [-0.39, 0.29) is 18.2 Å². The third-order valence-corrected chi connectivity index (χ3v) is 3.52. The molecule has 2 unspecified atom stereocenters. The largest absolute Gasteiger partial charge is 0.417 e. The van der Waals surface area contributed by atoms with Crippen LogP contribution >= 0.6 is 0 Å². The molecule has 1 aliphatic rings. The molecule has 0 bridgehead atoms. The van der Waals surface area contributed by atoms with Crippen LogP contribution in [0.2, 0.25) is 0 Å². The summed E-state index contributed by atoms with van der Waals surface area (Å²) in [5.74, 6) is -0.343. The van der Waals surface area contributed by atoms with Gasteiger partial charge in [0.15, 0.2) is 0 Å². The van der Waals surface area contributed by atoms with E-state index >= 15 is 0 Å². The van der Waals surface area contributed by atoms with Gasteiger partial charge in [-0.25, -0.2) is 0 Å². The van der Waals surface area contributed by atoms with Crippen molar-refractivity contribution in [1.82, 2.24) is 9.88 Å². The lowest BCUT2D eigenvalue weighted by atomic mass is 9.96. The van der Waals surface area contributed by atoms with E-state index < -0.39 is 23.8 Å². The van der Waals surface area contributed by atoms with Crippen LogP contribution in [0, 0.1) is 5.92 Å². The van der Waals surface area contributed by atoms with Gasteiger partial charge in [0.05, 0.1) is 11.7 Å². The van der Waals surface area contributed by atoms with Gasteiger partial charge in [-0.3, -0.25) is 9.78 Å². The van der Waals surface area contributed by atoms with E-state index in [0.29, 0.717) is 19.2 Å². The number of alkyl halides is 3. The molecule has 2 heterocycles. The fourth-order valence-electron chi connectivity index (χ4n) is 2.08. The zero-order valence-corrected chi connectivity index (χ0v) is 10.9. The highest BCUT2D eigenvalue weighted by atomic mass is 19.4. The maximum Gasteiger partial charge on any atom is 0.417 e. The monoisotopic (exact) mass is 288 g/mol. The second-order valence-corrected chi connectivity index (χ2v) is 5.01. The second-order valence-electron chi connectivity index (χ2n) is 5.01. The van der Waals surface area contributed by atoms with Crippen LogP contribution in [0.5, 0.6) is 0 Å². The molecule has 2 atom stereocenters. The summed E-state index contributed by atoms with van der Waals surface area (Å²) in [7, 11) is 0. The Morgan fingerprint density at radius 2 is 2.15 bits per heavy atom. The van der Waals surface area contributed by atoms with Crippen molar-refractivity contribution >= 4 is 5.91 Å². The first-order valence-electron chi connectivity index (χ1n) is 6.29. The summed E-state index contributed by atoms with van der Waals surface area (Å²) in [6.45, 7) is 2.55. The Hall–Kier alpha value is -1.63. The van der Waals surface area contributed by atoms with Crippen molar-refractivity contribution in [2.75, 3.05) is 13.1 Å². The molecule has 0 spiro atoms. The van der Waals surface area contributed by atoms with Crippen LogP contribution in [0.15, 0.2) is 18.3 Å². The number of likely N-dealkylation sites (tertiary alicyclic amines) is 1. The number of piperidine rings is 1. The molecule has 0 radical (unpaired) electrons. The Morgan fingerprint density at radius 3 is 2.65 bits per heavy atom. The molecular weight excluding hydrogens is 273 g/mol. The fraction of sp³-hybridized carbons (Fsp3) is 0.538. The SMILES string of the molecule is CC1CCN(C(=O)c2ccc(C(F)(F)F)cn2)CC1O. The molecule has 1 aliphatic heterocycles. The third kappa shape index (κ3) is 3.09. The first-order valence-corrected chi connectivity index (χ1v) is 6.29. The molecule has 4 nitrogen and oxygen atoms in total. The number of rotatable bonds is 1. The Kier molecular flexibility index (Phi) is 3.99. The normalized spacial score (nSPS) is 23.8. The van der Waals surface area contributed by atoms with Gasteiger partial charge in [0, 0.05) is 19.3 Å². The van der Waals surface area contributed by atoms with Gasteiger partial charge in [-0.05, 0) is 24.5 Å². The van der Waals surface area contributed by atoms with Crippen molar-refractivity contribution in [2.45, 2.75) is 25.6 Å². The average Bonchev–Trinajstić information content (AvgIpc) is 2.40. The molecule has 1 N–H and O–H groups in total. The zero-order chi connectivity index (χ0) is 14.9. The lowest BCUT2D eigenvalue weighted by Gasteiger charge is -2.34. The highest BCUT2D eigenvalue weighted by Crippen LogP contribution is 2.28. The van der Waals surface area contributed by atoms with E-state index in [1.165, 1.54) is 4.90 Å². The van der Waals surface area contributed by atoms with Crippen molar-refractivity contribution in [3.05, 3.63) is 29.6 Å². The molecule has 7 heteroatoms. The fourth-order valence-corrected chi connectivity index (χ4v) is 2.08. The number of amides is 1.